The van der Waals surface area contributed by atoms with Crippen LogP contribution in [-0.4, -0.2) is 33.4 Å². The van der Waals surface area contributed by atoms with Crippen molar-refractivity contribution in [3.63, 3.8) is 0 Å². The van der Waals surface area contributed by atoms with Crippen LogP contribution in [0.15, 0.2) is 40.8 Å². The summed E-state index contributed by atoms with van der Waals surface area (Å²) >= 11 is 0. The summed E-state index contributed by atoms with van der Waals surface area (Å²) in [6.07, 6.45) is 2.47. The highest BCUT2D eigenvalue weighted by Gasteiger charge is 2.16. The highest BCUT2D eigenvalue weighted by atomic mass is 16.4. The Hall–Kier alpha value is -3.35. The number of hydrogen-bond acceptors (Lipinski definition) is 6. The topological polar surface area (TPSA) is 76.2 Å². The van der Waals surface area contributed by atoms with Crippen molar-refractivity contribution in [3.05, 3.63) is 42.0 Å². The number of ketones is 1. The van der Waals surface area contributed by atoms with E-state index in [1.165, 1.54) is 18.5 Å². The molecule has 0 spiro atoms. The van der Waals surface area contributed by atoms with Crippen LogP contribution in [0, 0.1) is 0 Å². The maximum Gasteiger partial charge on any atom is 0.302 e. The minimum Gasteiger partial charge on any atom is -0.423 e. The second-order valence-electron chi connectivity index (χ2n) is 7.24. The van der Waals surface area contributed by atoms with Crippen LogP contribution < -0.4 is 10.2 Å². The molecule has 0 saturated carbocycles. The van der Waals surface area contributed by atoms with Crippen LogP contribution in [0.25, 0.3) is 22.1 Å². The lowest BCUT2D eigenvalue weighted by molar-refractivity contribution is 0.101. The summed E-state index contributed by atoms with van der Waals surface area (Å²) in [5.74, 6) is 0.636. The molecule has 4 aromatic rings. The Morgan fingerprint density at radius 1 is 1.07 bits per heavy atom. The highest BCUT2D eigenvalue weighted by molar-refractivity contribution is 5.97. The number of benzene rings is 2. The number of aryl methyl sites for hydroxylation is 1. The Labute approximate surface area is 162 Å². The van der Waals surface area contributed by atoms with Crippen molar-refractivity contribution < 1.29 is 9.21 Å². The summed E-state index contributed by atoms with van der Waals surface area (Å²) < 4.78 is 7.85. The number of imidazole rings is 1. The number of oxazole rings is 1. The Bertz CT molecular complexity index is 1200. The number of fused-ring (bicyclic) bond motifs is 2. The zero-order valence-corrected chi connectivity index (χ0v) is 15.9. The quantitative estimate of drug-likeness (QED) is 0.537. The molecular weight excluding hydrogens is 354 g/mol. The summed E-state index contributed by atoms with van der Waals surface area (Å²) in [4.78, 5) is 23.1. The summed E-state index contributed by atoms with van der Waals surface area (Å²) in [5, 5.41) is 3.16. The number of nitrogens with one attached hydrogen (secondary N) is 1. The molecule has 1 fully saturated rings. The minimum absolute atomic E-state index is 0.0230. The summed E-state index contributed by atoms with van der Waals surface area (Å²) in [6, 6.07) is 12.1. The van der Waals surface area contributed by atoms with Gasteiger partial charge in [0.1, 0.15) is 5.52 Å². The van der Waals surface area contributed by atoms with E-state index >= 15 is 0 Å². The van der Waals surface area contributed by atoms with E-state index in [-0.39, 0.29) is 5.78 Å². The number of carbonyl (C=O) groups is 1. The van der Waals surface area contributed by atoms with Crippen LogP contribution >= 0.6 is 0 Å². The summed E-state index contributed by atoms with van der Waals surface area (Å²) in [5.41, 5.74) is 5.07. The molecule has 1 aliphatic heterocycles. The zero-order valence-electron chi connectivity index (χ0n) is 15.9. The third-order valence-electron chi connectivity index (χ3n) is 5.35. The van der Waals surface area contributed by atoms with E-state index in [2.05, 4.69) is 26.3 Å². The molecule has 1 saturated heterocycles. The first-order valence-electron chi connectivity index (χ1n) is 9.48. The highest BCUT2D eigenvalue weighted by Crippen LogP contribution is 2.29. The predicted molar refractivity (Wildman–Crippen MR) is 109 cm³/mol. The van der Waals surface area contributed by atoms with E-state index in [0.29, 0.717) is 17.5 Å². The van der Waals surface area contributed by atoms with Crippen molar-refractivity contribution in [2.24, 2.45) is 7.05 Å². The molecular formula is C21H21N5O2. The van der Waals surface area contributed by atoms with Gasteiger partial charge >= 0.3 is 6.01 Å². The van der Waals surface area contributed by atoms with Crippen LogP contribution in [0.1, 0.15) is 30.1 Å². The molecule has 2 aromatic heterocycles. The maximum absolute atomic E-state index is 11.6. The fraction of sp³-hybridized carbons (Fsp3) is 0.286. The average Bonchev–Trinajstić information content (AvgIpc) is 3.40. The molecule has 0 radical (unpaired) electrons. The van der Waals surface area contributed by atoms with Gasteiger partial charge in [-0.05, 0) is 50.1 Å². The van der Waals surface area contributed by atoms with Crippen molar-refractivity contribution >= 4 is 45.6 Å². The third kappa shape index (κ3) is 2.79. The molecule has 2 aromatic carbocycles. The van der Waals surface area contributed by atoms with E-state index in [1.54, 1.807) is 13.0 Å². The van der Waals surface area contributed by atoms with Gasteiger partial charge in [0.25, 0.3) is 0 Å². The number of hydrogen-bond donors (Lipinski definition) is 1. The molecule has 1 aliphatic rings. The van der Waals surface area contributed by atoms with Crippen LogP contribution in [0.2, 0.25) is 0 Å². The molecule has 7 nitrogen and oxygen atoms in total. The first-order chi connectivity index (χ1) is 13.6. The fourth-order valence-corrected chi connectivity index (χ4v) is 3.77. The van der Waals surface area contributed by atoms with Crippen molar-refractivity contribution in [1.29, 1.82) is 0 Å². The monoisotopic (exact) mass is 375 g/mol. The lowest BCUT2D eigenvalue weighted by atomic mass is 10.1. The van der Waals surface area contributed by atoms with Crippen molar-refractivity contribution in [1.82, 2.24) is 14.5 Å². The molecule has 28 heavy (non-hydrogen) atoms. The van der Waals surface area contributed by atoms with Crippen LogP contribution in [0.3, 0.4) is 0 Å². The second kappa shape index (κ2) is 6.37. The number of rotatable bonds is 4. The molecule has 0 amide bonds. The Balaban J connectivity index is 1.47. The summed E-state index contributed by atoms with van der Waals surface area (Å²) in [6.45, 7) is 3.73. The fourth-order valence-electron chi connectivity index (χ4n) is 3.77. The van der Waals surface area contributed by atoms with E-state index in [9.17, 15) is 4.79 Å². The third-order valence-corrected chi connectivity index (χ3v) is 5.35. The molecule has 5 rings (SSSR count). The number of nitrogens with zero attached hydrogens (tertiary/aromatic N) is 4. The van der Waals surface area contributed by atoms with Crippen molar-refractivity contribution in [2.75, 3.05) is 23.3 Å². The van der Waals surface area contributed by atoms with Gasteiger partial charge in [0.2, 0.25) is 5.95 Å². The van der Waals surface area contributed by atoms with E-state index in [4.69, 9.17) is 4.42 Å². The minimum atomic E-state index is 0.0230. The van der Waals surface area contributed by atoms with Gasteiger partial charge in [0.15, 0.2) is 11.4 Å². The molecule has 0 unspecified atom stereocenters. The Morgan fingerprint density at radius 2 is 1.89 bits per heavy atom. The van der Waals surface area contributed by atoms with Gasteiger partial charge in [0, 0.05) is 37.5 Å². The van der Waals surface area contributed by atoms with Crippen molar-refractivity contribution in [2.45, 2.75) is 19.8 Å². The average molecular weight is 375 g/mol. The molecule has 0 bridgehead atoms. The Kier molecular flexibility index (Phi) is 3.82. The zero-order chi connectivity index (χ0) is 19.3. The molecule has 0 atom stereocenters. The SMILES string of the molecule is CC(=O)c1ccc2c(c1)nc(Nc1nc3ccc(N4CCCC4)cc3o1)n2C. The van der Waals surface area contributed by atoms with Gasteiger partial charge in [-0.3, -0.25) is 10.1 Å². The number of anilines is 3. The van der Waals surface area contributed by atoms with Gasteiger partial charge in [-0.15, -0.1) is 0 Å². The van der Waals surface area contributed by atoms with Crippen LogP contribution in [-0.2, 0) is 7.05 Å². The molecule has 142 valence electrons. The van der Waals surface area contributed by atoms with E-state index in [1.807, 2.05) is 35.9 Å². The largest absolute Gasteiger partial charge is 0.423 e. The van der Waals surface area contributed by atoms with Crippen LogP contribution in [0.4, 0.5) is 17.7 Å². The predicted octanol–water partition coefficient (Wildman–Crippen LogP) is 4.26. The molecule has 7 heteroatoms. The van der Waals surface area contributed by atoms with Gasteiger partial charge in [-0.1, -0.05) is 0 Å². The van der Waals surface area contributed by atoms with Gasteiger partial charge in [-0.2, -0.15) is 4.98 Å². The van der Waals surface area contributed by atoms with Gasteiger partial charge < -0.3 is 13.9 Å². The number of aromatic nitrogens is 3. The number of carbonyl (C=O) groups excluding carboxylic acids is 1. The molecule has 0 aliphatic carbocycles. The summed E-state index contributed by atoms with van der Waals surface area (Å²) in [7, 11) is 1.92. The molecule has 1 N–H and O–H groups in total. The standard InChI is InChI=1S/C21H21N5O2/c1-13(27)14-5-8-18-17(11-14)22-20(25(18)2)24-21-23-16-7-6-15(12-19(16)28-21)26-9-3-4-10-26/h5-8,11-12H,3-4,9-10H2,1-2H3,(H,22,23,24). The first kappa shape index (κ1) is 16.8. The lowest BCUT2D eigenvalue weighted by Crippen LogP contribution is -2.17. The second-order valence-corrected chi connectivity index (χ2v) is 7.24. The first-order valence-corrected chi connectivity index (χ1v) is 9.48. The maximum atomic E-state index is 11.6. The Morgan fingerprint density at radius 3 is 2.68 bits per heavy atom. The molecule has 3 heterocycles. The van der Waals surface area contributed by atoms with Crippen molar-refractivity contribution in [3.8, 4) is 0 Å². The van der Waals surface area contributed by atoms with E-state index in [0.717, 1.165) is 35.2 Å². The van der Waals surface area contributed by atoms with Crippen LogP contribution in [0.5, 0.6) is 0 Å². The smallest absolute Gasteiger partial charge is 0.302 e. The van der Waals surface area contributed by atoms with E-state index < -0.39 is 0 Å². The van der Waals surface area contributed by atoms with Gasteiger partial charge in [0.05, 0.1) is 11.0 Å². The van der Waals surface area contributed by atoms with Gasteiger partial charge in [-0.25, -0.2) is 4.98 Å². The lowest BCUT2D eigenvalue weighted by Gasteiger charge is -2.16. The number of Topliss-reactive ketones (excluding diaryl/α,β-unsaturated/α-hetero) is 1. The normalized spacial score (nSPS) is 14.3.